The molecule has 0 saturated heterocycles. The van der Waals surface area contributed by atoms with E-state index in [4.69, 9.17) is 0 Å². The Bertz CT molecular complexity index is 143. The highest BCUT2D eigenvalue weighted by Crippen LogP contribution is 2.25. The van der Waals surface area contributed by atoms with Crippen molar-refractivity contribution < 1.29 is 4.57 Å². The first-order valence-corrected chi connectivity index (χ1v) is 7.72. The van der Waals surface area contributed by atoms with Gasteiger partial charge < -0.3 is 0 Å². The normalized spacial score (nSPS) is 12.1. The van der Waals surface area contributed by atoms with Crippen LogP contribution in [-0.2, 0) is 4.57 Å². The summed E-state index contributed by atoms with van der Waals surface area (Å²) < 4.78 is 11.5. The first kappa shape index (κ1) is 14.1. The summed E-state index contributed by atoms with van der Waals surface area (Å²) >= 11 is 0. The van der Waals surface area contributed by atoms with Crippen LogP contribution < -0.4 is 0 Å². The van der Waals surface area contributed by atoms with Crippen LogP contribution >= 0.6 is 7.80 Å². The molecule has 84 valence electrons. The standard InChI is InChI=1S/C12H26OP/c1-4-5-6-7-8-9-10-14(13)11-12(2)3/h12H,4-11H2,1-3H3/q+1. The van der Waals surface area contributed by atoms with Crippen molar-refractivity contribution in [2.75, 3.05) is 12.3 Å². The fraction of sp³-hybridized carbons (Fsp3) is 1.00. The third kappa shape index (κ3) is 10.2. The molecule has 0 aromatic carbocycles. The van der Waals surface area contributed by atoms with Gasteiger partial charge in [0.25, 0.3) is 0 Å². The minimum Gasteiger partial charge on any atom is -0.0748 e. The maximum Gasteiger partial charge on any atom is 0.338 e. The molecule has 0 radical (unpaired) electrons. The Balaban J connectivity index is 3.15. The molecule has 0 aromatic heterocycles. The quantitative estimate of drug-likeness (QED) is 0.399. The van der Waals surface area contributed by atoms with Gasteiger partial charge in [-0.1, -0.05) is 51.0 Å². The lowest BCUT2D eigenvalue weighted by molar-refractivity contribution is 0.573. The summed E-state index contributed by atoms with van der Waals surface area (Å²) in [4.78, 5) is 0. The van der Waals surface area contributed by atoms with Crippen LogP contribution in [0.15, 0.2) is 0 Å². The van der Waals surface area contributed by atoms with Crippen LogP contribution in [0, 0.1) is 5.92 Å². The Hall–Kier alpha value is 0.100. The van der Waals surface area contributed by atoms with E-state index in [0.717, 1.165) is 12.3 Å². The van der Waals surface area contributed by atoms with Gasteiger partial charge in [0.15, 0.2) is 0 Å². The Morgan fingerprint density at radius 1 is 1.00 bits per heavy atom. The van der Waals surface area contributed by atoms with Gasteiger partial charge in [-0.05, 0) is 18.8 Å². The summed E-state index contributed by atoms with van der Waals surface area (Å²) in [5.74, 6) is 0.596. The van der Waals surface area contributed by atoms with Crippen molar-refractivity contribution in [1.82, 2.24) is 0 Å². The number of rotatable bonds is 9. The fourth-order valence-electron chi connectivity index (χ4n) is 1.57. The molecule has 0 N–H and O–H groups in total. The average molecular weight is 217 g/mol. The molecule has 0 spiro atoms. The summed E-state index contributed by atoms with van der Waals surface area (Å²) in [5.41, 5.74) is 0. The van der Waals surface area contributed by atoms with Gasteiger partial charge in [-0.15, -0.1) is 0 Å². The number of hydrogen-bond donors (Lipinski definition) is 0. The summed E-state index contributed by atoms with van der Waals surface area (Å²) in [6.45, 7) is 6.53. The zero-order chi connectivity index (χ0) is 10.8. The lowest BCUT2D eigenvalue weighted by Crippen LogP contribution is -1.92. The minimum atomic E-state index is -0.895. The molecule has 0 heterocycles. The lowest BCUT2D eigenvalue weighted by Gasteiger charge is -1.97. The molecule has 1 atom stereocenters. The van der Waals surface area contributed by atoms with Gasteiger partial charge in [0.05, 0.1) is 0 Å². The molecular formula is C12H26OP+. The van der Waals surface area contributed by atoms with Crippen molar-refractivity contribution in [3.05, 3.63) is 0 Å². The molecule has 14 heavy (non-hydrogen) atoms. The van der Waals surface area contributed by atoms with Gasteiger partial charge >= 0.3 is 7.80 Å². The molecule has 2 heteroatoms. The van der Waals surface area contributed by atoms with Gasteiger partial charge in [-0.2, -0.15) is 0 Å². The highest BCUT2D eigenvalue weighted by atomic mass is 31.1. The second kappa shape index (κ2) is 9.65. The maximum absolute atomic E-state index is 11.5. The zero-order valence-corrected chi connectivity index (χ0v) is 11.0. The predicted molar refractivity (Wildman–Crippen MR) is 65.6 cm³/mol. The molecule has 1 unspecified atom stereocenters. The Kier molecular flexibility index (Phi) is 9.72. The van der Waals surface area contributed by atoms with Crippen LogP contribution in [0.5, 0.6) is 0 Å². The summed E-state index contributed by atoms with van der Waals surface area (Å²) in [6, 6.07) is 0. The van der Waals surface area contributed by atoms with Gasteiger partial charge in [0.1, 0.15) is 12.3 Å². The molecule has 0 aliphatic carbocycles. The van der Waals surface area contributed by atoms with Crippen LogP contribution in [0.3, 0.4) is 0 Å². The molecule has 1 nitrogen and oxygen atoms in total. The summed E-state index contributed by atoms with van der Waals surface area (Å²) in [6.07, 6.45) is 9.69. The van der Waals surface area contributed by atoms with E-state index in [2.05, 4.69) is 20.8 Å². The van der Waals surface area contributed by atoms with E-state index in [-0.39, 0.29) is 0 Å². The van der Waals surface area contributed by atoms with Gasteiger partial charge in [-0.3, -0.25) is 0 Å². The topological polar surface area (TPSA) is 17.1 Å². The van der Waals surface area contributed by atoms with Crippen LogP contribution in [0.2, 0.25) is 0 Å². The van der Waals surface area contributed by atoms with E-state index in [1.165, 1.54) is 38.5 Å². The van der Waals surface area contributed by atoms with Gasteiger partial charge in [0, 0.05) is 0 Å². The molecular weight excluding hydrogens is 191 g/mol. The molecule has 0 fully saturated rings. The van der Waals surface area contributed by atoms with E-state index < -0.39 is 7.80 Å². The van der Waals surface area contributed by atoms with E-state index in [1.807, 2.05) is 0 Å². The van der Waals surface area contributed by atoms with E-state index in [9.17, 15) is 4.57 Å². The Morgan fingerprint density at radius 2 is 1.57 bits per heavy atom. The van der Waals surface area contributed by atoms with Crippen LogP contribution in [-0.4, -0.2) is 12.3 Å². The van der Waals surface area contributed by atoms with Crippen molar-refractivity contribution in [3.63, 3.8) is 0 Å². The second-order valence-corrected chi connectivity index (χ2v) is 6.33. The Labute approximate surface area is 90.5 Å². The highest BCUT2D eigenvalue weighted by Gasteiger charge is 2.15. The fourth-order valence-corrected chi connectivity index (χ4v) is 3.14. The molecule has 0 amide bonds. The molecule has 0 saturated carbocycles. The van der Waals surface area contributed by atoms with E-state index in [1.54, 1.807) is 0 Å². The van der Waals surface area contributed by atoms with Crippen molar-refractivity contribution in [2.45, 2.75) is 59.3 Å². The highest BCUT2D eigenvalue weighted by molar-refractivity contribution is 7.44. The third-order valence-corrected chi connectivity index (χ3v) is 4.28. The average Bonchev–Trinajstić information content (AvgIpc) is 2.10. The Morgan fingerprint density at radius 3 is 2.14 bits per heavy atom. The maximum atomic E-state index is 11.5. The minimum absolute atomic E-state index is 0.596. The van der Waals surface area contributed by atoms with Crippen molar-refractivity contribution in [2.24, 2.45) is 5.92 Å². The first-order valence-electron chi connectivity index (χ1n) is 6.09. The molecule has 0 aliphatic heterocycles. The SMILES string of the molecule is CCCCCCCC[P+](=O)CC(C)C. The predicted octanol–water partition coefficient (Wildman–Crippen LogP) is 4.83. The number of unbranched alkanes of at least 4 members (excludes halogenated alkanes) is 5. The zero-order valence-electron chi connectivity index (χ0n) is 10.1. The summed E-state index contributed by atoms with van der Waals surface area (Å²) in [5, 5.41) is 0. The second-order valence-electron chi connectivity index (χ2n) is 4.55. The van der Waals surface area contributed by atoms with Crippen molar-refractivity contribution in [3.8, 4) is 0 Å². The molecule has 0 aromatic rings. The smallest absolute Gasteiger partial charge is 0.0748 e. The van der Waals surface area contributed by atoms with Gasteiger partial charge in [0.2, 0.25) is 0 Å². The molecule has 0 aliphatic rings. The largest absolute Gasteiger partial charge is 0.338 e. The van der Waals surface area contributed by atoms with Crippen LogP contribution in [0.4, 0.5) is 0 Å². The molecule has 0 rings (SSSR count). The van der Waals surface area contributed by atoms with Crippen molar-refractivity contribution >= 4 is 7.80 Å². The third-order valence-electron chi connectivity index (χ3n) is 2.33. The van der Waals surface area contributed by atoms with E-state index in [0.29, 0.717) is 5.92 Å². The first-order chi connectivity index (χ1) is 6.66. The van der Waals surface area contributed by atoms with E-state index >= 15 is 0 Å². The number of hydrogen-bond acceptors (Lipinski definition) is 1. The van der Waals surface area contributed by atoms with Gasteiger partial charge in [-0.25, -0.2) is 0 Å². The lowest BCUT2D eigenvalue weighted by atomic mass is 10.1. The monoisotopic (exact) mass is 217 g/mol. The molecule has 0 bridgehead atoms. The van der Waals surface area contributed by atoms with Crippen LogP contribution in [0.1, 0.15) is 59.3 Å². The summed E-state index contributed by atoms with van der Waals surface area (Å²) in [7, 11) is -0.895. The van der Waals surface area contributed by atoms with Crippen LogP contribution in [0.25, 0.3) is 0 Å². The van der Waals surface area contributed by atoms with Crippen molar-refractivity contribution in [1.29, 1.82) is 0 Å².